The van der Waals surface area contributed by atoms with Crippen molar-refractivity contribution in [3.8, 4) is 0 Å². The van der Waals surface area contributed by atoms with E-state index >= 15 is 0 Å². The average Bonchev–Trinajstić information content (AvgIpc) is 2.47. The Morgan fingerprint density at radius 3 is 2.60 bits per heavy atom. The zero-order chi connectivity index (χ0) is 14.4. The smallest absolute Gasteiger partial charge is 0.0406 e. The molecule has 3 heteroatoms. The molecule has 0 heterocycles. The number of rotatable bonds is 6. The SMILES string of the molecule is CCCc1cccc(C(N)CSc2ccc(Cl)cc2)c1. The lowest BCUT2D eigenvalue weighted by Gasteiger charge is -2.13. The molecular formula is C17H20ClNS. The fourth-order valence-electron chi connectivity index (χ4n) is 2.08. The number of aryl methyl sites for hydroxylation is 1. The Balaban J connectivity index is 1.95. The van der Waals surface area contributed by atoms with E-state index in [0.717, 1.165) is 23.6 Å². The highest BCUT2D eigenvalue weighted by atomic mass is 35.5. The molecule has 0 saturated heterocycles. The fourth-order valence-corrected chi connectivity index (χ4v) is 3.10. The van der Waals surface area contributed by atoms with Crippen LogP contribution in [0.4, 0.5) is 0 Å². The van der Waals surface area contributed by atoms with Gasteiger partial charge in [-0.1, -0.05) is 49.2 Å². The van der Waals surface area contributed by atoms with Crippen molar-refractivity contribution in [1.29, 1.82) is 0 Å². The van der Waals surface area contributed by atoms with Crippen LogP contribution in [-0.2, 0) is 6.42 Å². The van der Waals surface area contributed by atoms with Crippen molar-refractivity contribution in [2.24, 2.45) is 5.73 Å². The molecule has 2 aromatic rings. The number of hydrogen-bond donors (Lipinski definition) is 1. The summed E-state index contributed by atoms with van der Waals surface area (Å²) in [6.45, 7) is 2.20. The standard InChI is InChI=1S/C17H20ClNS/c1-2-4-13-5-3-6-14(11-13)17(19)12-20-16-9-7-15(18)8-10-16/h3,5-11,17H,2,4,12,19H2,1H3. The van der Waals surface area contributed by atoms with Crippen molar-refractivity contribution in [2.45, 2.75) is 30.7 Å². The number of halogens is 1. The van der Waals surface area contributed by atoms with Gasteiger partial charge in [-0.25, -0.2) is 0 Å². The summed E-state index contributed by atoms with van der Waals surface area (Å²) >= 11 is 7.65. The molecule has 1 atom stereocenters. The summed E-state index contributed by atoms with van der Waals surface area (Å²) in [7, 11) is 0. The lowest BCUT2D eigenvalue weighted by atomic mass is 10.0. The molecule has 0 aliphatic carbocycles. The van der Waals surface area contributed by atoms with Gasteiger partial charge in [0.15, 0.2) is 0 Å². The van der Waals surface area contributed by atoms with E-state index in [9.17, 15) is 0 Å². The molecule has 2 rings (SSSR count). The Kier molecular flexibility index (Phi) is 5.96. The summed E-state index contributed by atoms with van der Waals surface area (Å²) in [4.78, 5) is 1.20. The fraction of sp³-hybridized carbons (Fsp3) is 0.294. The van der Waals surface area contributed by atoms with E-state index in [0.29, 0.717) is 0 Å². The maximum absolute atomic E-state index is 6.29. The van der Waals surface area contributed by atoms with Crippen molar-refractivity contribution in [3.63, 3.8) is 0 Å². The molecule has 20 heavy (non-hydrogen) atoms. The quantitative estimate of drug-likeness (QED) is 0.753. The molecule has 0 spiro atoms. The molecule has 1 nitrogen and oxygen atoms in total. The normalized spacial score (nSPS) is 12.3. The van der Waals surface area contributed by atoms with Crippen molar-refractivity contribution < 1.29 is 0 Å². The van der Waals surface area contributed by atoms with Gasteiger partial charge in [0, 0.05) is 21.7 Å². The lowest BCUT2D eigenvalue weighted by molar-refractivity contribution is 0.823. The van der Waals surface area contributed by atoms with E-state index in [1.165, 1.54) is 16.0 Å². The van der Waals surface area contributed by atoms with Crippen LogP contribution in [-0.4, -0.2) is 5.75 Å². The maximum Gasteiger partial charge on any atom is 0.0406 e. The van der Waals surface area contributed by atoms with Gasteiger partial charge in [0.1, 0.15) is 0 Å². The van der Waals surface area contributed by atoms with E-state index in [4.69, 9.17) is 17.3 Å². The Morgan fingerprint density at radius 2 is 1.90 bits per heavy atom. The molecule has 0 amide bonds. The molecule has 106 valence electrons. The van der Waals surface area contributed by atoms with Gasteiger partial charge in [-0.2, -0.15) is 0 Å². The monoisotopic (exact) mass is 305 g/mol. The Labute approximate surface area is 130 Å². The Bertz CT molecular complexity index is 539. The second-order valence-electron chi connectivity index (χ2n) is 4.87. The summed E-state index contributed by atoms with van der Waals surface area (Å²) in [5, 5.41) is 0.769. The van der Waals surface area contributed by atoms with Crippen molar-refractivity contribution in [2.75, 3.05) is 5.75 Å². The van der Waals surface area contributed by atoms with E-state index in [1.54, 1.807) is 11.8 Å². The van der Waals surface area contributed by atoms with Gasteiger partial charge in [0.25, 0.3) is 0 Å². The van der Waals surface area contributed by atoms with E-state index in [2.05, 4.69) is 31.2 Å². The van der Waals surface area contributed by atoms with Gasteiger partial charge in [0.05, 0.1) is 0 Å². The van der Waals surface area contributed by atoms with Gasteiger partial charge in [-0.15, -0.1) is 11.8 Å². The van der Waals surface area contributed by atoms with E-state index in [-0.39, 0.29) is 6.04 Å². The van der Waals surface area contributed by atoms with E-state index in [1.807, 2.05) is 24.3 Å². The predicted molar refractivity (Wildman–Crippen MR) is 89.5 cm³/mol. The first-order valence-electron chi connectivity index (χ1n) is 6.92. The zero-order valence-corrected chi connectivity index (χ0v) is 13.3. The van der Waals surface area contributed by atoms with Crippen LogP contribution in [0.3, 0.4) is 0 Å². The van der Waals surface area contributed by atoms with Crippen LogP contribution in [0.15, 0.2) is 53.4 Å². The molecule has 0 aromatic heterocycles. The van der Waals surface area contributed by atoms with Crippen LogP contribution in [0.5, 0.6) is 0 Å². The topological polar surface area (TPSA) is 26.0 Å². The van der Waals surface area contributed by atoms with Crippen molar-refractivity contribution in [1.82, 2.24) is 0 Å². The van der Waals surface area contributed by atoms with Crippen molar-refractivity contribution >= 4 is 23.4 Å². The first kappa shape index (κ1) is 15.4. The third kappa shape index (κ3) is 4.55. The average molecular weight is 306 g/mol. The molecule has 0 saturated carbocycles. The summed E-state index contributed by atoms with van der Waals surface area (Å²) < 4.78 is 0. The highest BCUT2D eigenvalue weighted by Gasteiger charge is 2.07. The highest BCUT2D eigenvalue weighted by Crippen LogP contribution is 2.25. The molecule has 2 aromatic carbocycles. The van der Waals surface area contributed by atoms with Crippen LogP contribution in [0, 0.1) is 0 Å². The van der Waals surface area contributed by atoms with Gasteiger partial charge in [-0.3, -0.25) is 0 Å². The Morgan fingerprint density at radius 1 is 1.15 bits per heavy atom. The number of nitrogens with two attached hydrogens (primary N) is 1. The van der Waals surface area contributed by atoms with Gasteiger partial charge in [0.2, 0.25) is 0 Å². The molecule has 0 bridgehead atoms. The van der Waals surface area contributed by atoms with Crippen LogP contribution in [0.2, 0.25) is 5.02 Å². The van der Waals surface area contributed by atoms with Crippen molar-refractivity contribution in [3.05, 3.63) is 64.7 Å². The molecule has 1 unspecified atom stereocenters. The lowest BCUT2D eigenvalue weighted by Crippen LogP contribution is -2.13. The van der Waals surface area contributed by atoms with E-state index < -0.39 is 0 Å². The molecule has 0 radical (unpaired) electrons. The first-order chi connectivity index (χ1) is 9.69. The summed E-state index contributed by atoms with van der Waals surface area (Å²) in [5.41, 5.74) is 8.88. The van der Waals surface area contributed by atoms with Gasteiger partial charge < -0.3 is 5.73 Å². The summed E-state index contributed by atoms with van der Waals surface area (Å²) in [6, 6.07) is 16.6. The summed E-state index contributed by atoms with van der Waals surface area (Å²) in [5.74, 6) is 0.872. The van der Waals surface area contributed by atoms with Gasteiger partial charge >= 0.3 is 0 Å². The van der Waals surface area contributed by atoms with Crippen LogP contribution in [0.25, 0.3) is 0 Å². The highest BCUT2D eigenvalue weighted by molar-refractivity contribution is 7.99. The third-order valence-corrected chi connectivity index (χ3v) is 4.54. The minimum absolute atomic E-state index is 0.0625. The number of hydrogen-bond acceptors (Lipinski definition) is 2. The molecule has 0 aliphatic rings. The molecular weight excluding hydrogens is 286 g/mol. The van der Waals surface area contributed by atoms with Crippen LogP contribution in [0.1, 0.15) is 30.5 Å². The largest absolute Gasteiger partial charge is 0.323 e. The minimum atomic E-state index is 0.0625. The Hall–Kier alpha value is -0.960. The number of thioether (sulfide) groups is 1. The van der Waals surface area contributed by atoms with Crippen LogP contribution >= 0.6 is 23.4 Å². The molecule has 0 aliphatic heterocycles. The predicted octanol–water partition coefficient (Wildman–Crippen LogP) is 5.08. The minimum Gasteiger partial charge on any atom is -0.323 e. The number of benzene rings is 2. The third-order valence-electron chi connectivity index (χ3n) is 3.16. The first-order valence-corrected chi connectivity index (χ1v) is 8.28. The molecule has 2 N–H and O–H groups in total. The van der Waals surface area contributed by atoms with Gasteiger partial charge in [-0.05, 0) is 41.8 Å². The second kappa shape index (κ2) is 7.72. The second-order valence-corrected chi connectivity index (χ2v) is 6.40. The molecule has 0 fully saturated rings. The zero-order valence-electron chi connectivity index (χ0n) is 11.7. The maximum atomic E-state index is 6.29. The summed E-state index contributed by atoms with van der Waals surface area (Å²) in [6.07, 6.45) is 2.28. The van der Waals surface area contributed by atoms with Crippen LogP contribution < -0.4 is 5.73 Å².